The molecule has 0 radical (unpaired) electrons. The quantitative estimate of drug-likeness (QED) is 0.165. The molecule has 0 fully saturated rings. The second-order valence-corrected chi connectivity index (χ2v) is 21.0. The van der Waals surface area contributed by atoms with Crippen molar-refractivity contribution in [2.75, 3.05) is 0 Å². The third-order valence-electron chi connectivity index (χ3n) is 11.4. The molecule has 1 unspecified atom stereocenters. The average molecular weight is 722 g/mol. The lowest BCUT2D eigenvalue weighted by molar-refractivity contribution is 0.574. The van der Waals surface area contributed by atoms with Gasteiger partial charge in [0, 0.05) is 55.0 Å². The van der Waals surface area contributed by atoms with Gasteiger partial charge in [0.1, 0.15) is 5.82 Å². The smallest absolute Gasteiger partial charge is 0.137 e. The van der Waals surface area contributed by atoms with Crippen molar-refractivity contribution in [3.05, 3.63) is 113 Å². The van der Waals surface area contributed by atoms with E-state index in [0.29, 0.717) is 5.25 Å². The van der Waals surface area contributed by atoms with Gasteiger partial charge in [0.05, 0.1) is 11.0 Å². The number of pyridine rings is 1. The minimum absolute atomic E-state index is 0.0686. The zero-order valence-corrected chi connectivity index (χ0v) is 35.4. The van der Waals surface area contributed by atoms with Crippen LogP contribution in [-0.2, 0) is 21.7 Å². The highest BCUT2D eigenvalue weighted by molar-refractivity contribution is 8.00. The van der Waals surface area contributed by atoms with E-state index >= 15 is 0 Å². The Hall–Kier alpha value is -4.02. The summed E-state index contributed by atoms with van der Waals surface area (Å²) in [6.07, 6.45) is 2.07. The summed E-state index contributed by atoms with van der Waals surface area (Å²) in [4.78, 5) is 6.32. The van der Waals surface area contributed by atoms with Crippen molar-refractivity contribution in [3.8, 4) is 5.82 Å². The van der Waals surface area contributed by atoms with Gasteiger partial charge >= 0.3 is 0 Å². The van der Waals surface area contributed by atoms with Crippen LogP contribution in [0.4, 0.5) is 0 Å². The molecular formula is C49H59N3S. The van der Waals surface area contributed by atoms with Gasteiger partial charge in [0.15, 0.2) is 0 Å². The van der Waals surface area contributed by atoms with Gasteiger partial charge in [-0.05, 0) is 112 Å². The number of hydrogen-bond donors (Lipinski definition) is 0. The minimum Gasteiger partial charge on any atom is -0.337 e. The molecule has 2 atom stereocenters. The van der Waals surface area contributed by atoms with Gasteiger partial charge in [0.25, 0.3) is 0 Å². The maximum absolute atomic E-state index is 5.14. The van der Waals surface area contributed by atoms with Gasteiger partial charge in [-0.1, -0.05) is 114 Å². The van der Waals surface area contributed by atoms with Crippen molar-refractivity contribution in [3.63, 3.8) is 0 Å². The van der Waals surface area contributed by atoms with Crippen LogP contribution >= 0.6 is 11.8 Å². The predicted molar refractivity (Wildman–Crippen MR) is 233 cm³/mol. The summed E-state index contributed by atoms with van der Waals surface area (Å²) in [5, 5.41) is 5.59. The maximum atomic E-state index is 5.14. The van der Waals surface area contributed by atoms with Gasteiger partial charge in [-0.2, -0.15) is 0 Å². The van der Waals surface area contributed by atoms with E-state index in [1.54, 1.807) is 0 Å². The van der Waals surface area contributed by atoms with Crippen molar-refractivity contribution in [2.45, 2.75) is 135 Å². The van der Waals surface area contributed by atoms with Crippen LogP contribution in [0, 0.1) is 0 Å². The van der Waals surface area contributed by atoms with Gasteiger partial charge in [-0.25, -0.2) is 4.98 Å². The SMILES string of the molecule is CC([C@@H](C)Sc1ccc(-n2c3ccc(C(C)(C)C)cc3c3cc(C(C)(C)C)ccc32)nc1)n1c2ccc(C(C)(C)C)cc2c2cc(C(C)(C)C)ccc21. The Bertz CT molecular complexity index is 2340. The van der Waals surface area contributed by atoms with Crippen LogP contribution in [0.3, 0.4) is 0 Å². The van der Waals surface area contributed by atoms with E-state index in [4.69, 9.17) is 4.98 Å². The molecule has 0 spiro atoms. The van der Waals surface area contributed by atoms with Crippen molar-refractivity contribution in [2.24, 2.45) is 0 Å². The molecule has 4 aromatic carbocycles. The number of aromatic nitrogens is 3. The highest BCUT2D eigenvalue weighted by Crippen LogP contribution is 2.41. The molecule has 0 saturated carbocycles. The lowest BCUT2D eigenvalue weighted by atomic mass is 9.85. The average Bonchev–Trinajstić information content (AvgIpc) is 3.58. The third-order valence-corrected chi connectivity index (χ3v) is 12.7. The third kappa shape index (κ3) is 6.82. The number of hydrogen-bond acceptors (Lipinski definition) is 2. The Labute approximate surface area is 322 Å². The Balaban J connectivity index is 1.25. The van der Waals surface area contributed by atoms with Crippen LogP contribution in [0.1, 0.15) is 125 Å². The summed E-state index contributed by atoms with van der Waals surface area (Å²) < 4.78 is 4.93. The van der Waals surface area contributed by atoms with Crippen LogP contribution < -0.4 is 0 Å². The normalized spacial score (nSPS) is 14.5. The summed E-state index contributed by atoms with van der Waals surface area (Å²) in [5.41, 5.74) is 10.8. The van der Waals surface area contributed by atoms with Crippen LogP contribution in [0.15, 0.2) is 96.0 Å². The van der Waals surface area contributed by atoms with E-state index in [-0.39, 0.29) is 27.7 Å². The maximum Gasteiger partial charge on any atom is 0.137 e. The van der Waals surface area contributed by atoms with Crippen LogP contribution in [0.2, 0.25) is 0 Å². The van der Waals surface area contributed by atoms with Gasteiger partial charge in [0.2, 0.25) is 0 Å². The van der Waals surface area contributed by atoms with Gasteiger partial charge in [-0.15, -0.1) is 11.8 Å². The first kappa shape index (κ1) is 37.3. The molecule has 0 aliphatic rings. The van der Waals surface area contributed by atoms with Crippen molar-refractivity contribution in [1.82, 2.24) is 14.1 Å². The van der Waals surface area contributed by atoms with E-state index < -0.39 is 0 Å². The molecule has 0 bridgehead atoms. The monoisotopic (exact) mass is 721 g/mol. The summed E-state index contributed by atoms with van der Waals surface area (Å²) in [5.74, 6) is 0.953. The summed E-state index contributed by atoms with van der Waals surface area (Å²) in [6.45, 7) is 32.3. The summed E-state index contributed by atoms with van der Waals surface area (Å²) in [7, 11) is 0. The molecule has 3 heterocycles. The lowest BCUT2D eigenvalue weighted by Gasteiger charge is -2.24. The van der Waals surface area contributed by atoms with E-state index in [1.165, 1.54) is 70.8 Å². The molecular weight excluding hydrogens is 663 g/mol. The van der Waals surface area contributed by atoms with Crippen molar-refractivity contribution < 1.29 is 0 Å². The molecule has 7 rings (SSSR count). The Morgan fingerprint density at radius 2 is 0.830 bits per heavy atom. The zero-order chi connectivity index (χ0) is 38.4. The van der Waals surface area contributed by atoms with E-state index in [0.717, 1.165) is 5.82 Å². The Kier molecular flexibility index (Phi) is 9.00. The topological polar surface area (TPSA) is 22.8 Å². The molecule has 53 heavy (non-hydrogen) atoms. The molecule has 0 aliphatic heterocycles. The summed E-state index contributed by atoms with van der Waals surface area (Å²) >= 11 is 1.91. The Morgan fingerprint density at radius 3 is 1.17 bits per heavy atom. The van der Waals surface area contributed by atoms with E-state index in [2.05, 4.69) is 197 Å². The van der Waals surface area contributed by atoms with Crippen molar-refractivity contribution >= 4 is 55.4 Å². The molecule has 4 heteroatoms. The van der Waals surface area contributed by atoms with Crippen LogP contribution in [0.25, 0.3) is 49.4 Å². The molecule has 3 nitrogen and oxygen atoms in total. The van der Waals surface area contributed by atoms with Gasteiger partial charge in [-0.3, -0.25) is 4.57 Å². The molecule has 276 valence electrons. The highest BCUT2D eigenvalue weighted by Gasteiger charge is 2.25. The van der Waals surface area contributed by atoms with Crippen LogP contribution in [-0.4, -0.2) is 19.4 Å². The number of thioether (sulfide) groups is 1. The van der Waals surface area contributed by atoms with E-state index in [1.807, 2.05) is 11.8 Å². The fraction of sp³-hybridized carbons (Fsp3) is 0.408. The summed E-state index contributed by atoms with van der Waals surface area (Å²) in [6, 6.07) is 32.9. The van der Waals surface area contributed by atoms with E-state index in [9.17, 15) is 0 Å². The second-order valence-electron chi connectivity index (χ2n) is 19.5. The first-order valence-electron chi connectivity index (χ1n) is 19.4. The molecule has 3 aromatic heterocycles. The Morgan fingerprint density at radius 1 is 0.472 bits per heavy atom. The zero-order valence-electron chi connectivity index (χ0n) is 34.6. The molecule has 0 N–H and O–H groups in total. The first-order chi connectivity index (χ1) is 24.6. The molecule has 0 aliphatic carbocycles. The molecule has 0 saturated heterocycles. The molecule has 7 aromatic rings. The number of benzene rings is 4. The second kappa shape index (κ2) is 12.8. The number of fused-ring (bicyclic) bond motifs is 6. The fourth-order valence-corrected chi connectivity index (χ4v) is 8.73. The standard InChI is InChI=1S/C49H59N3S/c1-30(51-41-20-15-32(46(3,4)5)25-37(41)38-26-33(47(6,7)8)16-21-42(38)51)31(2)53-36-19-24-45(50-29-36)52-43-22-17-34(48(9,10)11)27-39(43)40-28-35(49(12,13)14)18-23-44(40)52/h15-31H,1-14H3/t30?,31-/m1/s1. The minimum atomic E-state index is 0.0686. The first-order valence-corrected chi connectivity index (χ1v) is 20.3. The lowest BCUT2D eigenvalue weighted by Crippen LogP contribution is -2.16. The van der Waals surface area contributed by atoms with Crippen molar-refractivity contribution in [1.29, 1.82) is 0 Å². The van der Waals surface area contributed by atoms with Crippen LogP contribution in [0.5, 0.6) is 0 Å². The largest absolute Gasteiger partial charge is 0.337 e. The number of rotatable bonds is 5. The predicted octanol–water partition coefficient (Wildman–Crippen LogP) is 14.2. The highest BCUT2D eigenvalue weighted by atomic mass is 32.2. The number of nitrogens with zero attached hydrogens (tertiary/aromatic N) is 3. The molecule has 0 amide bonds. The fourth-order valence-electron chi connectivity index (χ4n) is 7.73. The van der Waals surface area contributed by atoms with Gasteiger partial charge < -0.3 is 4.57 Å².